The molecule has 1 nitrogen and oxygen atoms in total. The second-order valence-electron chi connectivity index (χ2n) is 2.87. The lowest BCUT2D eigenvalue weighted by Crippen LogP contribution is -2.51. The molecule has 3 heteroatoms. The Morgan fingerprint density at radius 3 is 2.40 bits per heavy atom. The van der Waals surface area contributed by atoms with E-state index in [1.54, 1.807) is 6.92 Å². The molecule has 0 aromatic rings. The molecule has 1 N–H and O–H groups in total. The third-order valence-electron chi connectivity index (χ3n) is 1.96. The molecule has 1 aliphatic rings. The molecule has 0 radical (unpaired) electrons. The van der Waals surface area contributed by atoms with Crippen molar-refractivity contribution in [1.82, 2.24) is 5.32 Å². The molecule has 0 unspecified atom stereocenters. The Kier molecular flexibility index (Phi) is 2.24. The zero-order valence-corrected chi connectivity index (χ0v) is 6.16. The molecule has 0 aromatic carbocycles. The highest BCUT2D eigenvalue weighted by atomic mass is 19.3. The van der Waals surface area contributed by atoms with Gasteiger partial charge in [-0.1, -0.05) is 13.3 Å². The van der Waals surface area contributed by atoms with Crippen LogP contribution in [-0.4, -0.2) is 19.0 Å². The highest BCUT2D eigenvalue weighted by Crippen LogP contribution is 2.31. The third kappa shape index (κ3) is 1.45. The summed E-state index contributed by atoms with van der Waals surface area (Å²) < 4.78 is 25.7. The van der Waals surface area contributed by atoms with Crippen LogP contribution in [0.1, 0.15) is 19.8 Å². The largest absolute Gasteiger partial charge is 0.316 e. The van der Waals surface area contributed by atoms with Gasteiger partial charge in [-0.3, -0.25) is 0 Å². The summed E-state index contributed by atoms with van der Waals surface area (Å²) in [5.41, 5.74) is 0. The molecule has 0 atom stereocenters. The molecule has 1 aliphatic heterocycles. The summed E-state index contributed by atoms with van der Waals surface area (Å²) >= 11 is 0. The minimum atomic E-state index is -2.42. The van der Waals surface area contributed by atoms with E-state index in [9.17, 15) is 8.78 Å². The van der Waals surface area contributed by atoms with E-state index in [0.29, 0.717) is 19.5 Å². The normalized spacial score (nSPS) is 20.7. The third-order valence-corrected chi connectivity index (χ3v) is 1.96. The van der Waals surface area contributed by atoms with Crippen LogP contribution in [0.5, 0.6) is 0 Å². The first-order valence-corrected chi connectivity index (χ1v) is 3.75. The zero-order valence-electron chi connectivity index (χ0n) is 6.16. The van der Waals surface area contributed by atoms with Gasteiger partial charge >= 0.3 is 0 Å². The molecular formula is C7H13F2N. The fourth-order valence-corrected chi connectivity index (χ4v) is 1.12. The van der Waals surface area contributed by atoms with Crippen molar-refractivity contribution in [2.24, 2.45) is 5.92 Å². The Morgan fingerprint density at radius 1 is 1.50 bits per heavy atom. The van der Waals surface area contributed by atoms with Crippen molar-refractivity contribution in [2.45, 2.75) is 25.7 Å². The van der Waals surface area contributed by atoms with E-state index >= 15 is 0 Å². The van der Waals surface area contributed by atoms with E-state index in [1.807, 2.05) is 0 Å². The standard InChI is InChI=1S/C7H13F2N/c1-2-3-7(8,9)6-4-10-5-6/h6,10H,2-5H2,1H3. The minimum absolute atomic E-state index is 0.0410. The summed E-state index contributed by atoms with van der Waals surface area (Å²) in [5, 5.41) is 2.85. The van der Waals surface area contributed by atoms with Gasteiger partial charge in [0, 0.05) is 25.4 Å². The Labute approximate surface area is 59.8 Å². The van der Waals surface area contributed by atoms with Gasteiger partial charge in [0.05, 0.1) is 0 Å². The van der Waals surface area contributed by atoms with Crippen LogP contribution in [0.3, 0.4) is 0 Å². The van der Waals surface area contributed by atoms with E-state index < -0.39 is 11.8 Å². The topological polar surface area (TPSA) is 12.0 Å². The quantitative estimate of drug-likeness (QED) is 0.643. The van der Waals surface area contributed by atoms with Crippen molar-refractivity contribution in [3.63, 3.8) is 0 Å². The van der Waals surface area contributed by atoms with Crippen LogP contribution < -0.4 is 5.32 Å². The lowest BCUT2D eigenvalue weighted by atomic mass is 9.92. The maximum Gasteiger partial charge on any atom is 0.253 e. The molecule has 1 saturated heterocycles. The molecule has 0 bridgehead atoms. The van der Waals surface area contributed by atoms with Crippen LogP contribution in [0.4, 0.5) is 8.78 Å². The smallest absolute Gasteiger partial charge is 0.253 e. The van der Waals surface area contributed by atoms with Gasteiger partial charge in [0.2, 0.25) is 0 Å². The van der Waals surface area contributed by atoms with Crippen molar-refractivity contribution >= 4 is 0 Å². The predicted molar refractivity (Wildman–Crippen MR) is 36.2 cm³/mol. The Morgan fingerprint density at radius 2 is 2.10 bits per heavy atom. The number of alkyl halides is 2. The SMILES string of the molecule is CCCC(F)(F)C1CNC1. The fourth-order valence-electron chi connectivity index (χ4n) is 1.12. The number of nitrogens with one attached hydrogen (secondary N) is 1. The van der Waals surface area contributed by atoms with Gasteiger partial charge < -0.3 is 5.32 Å². The molecule has 1 heterocycles. The first-order valence-electron chi connectivity index (χ1n) is 3.75. The van der Waals surface area contributed by atoms with E-state index in [4.69, 9.17) is 0 Å². The number of hydrogen-bond donors (Lipinski definition) is 1. The summed E-state index contributed by atoms with van der Waals surface area (Å²) in [7, 11) is 0. The number of rotatable bonds is 3. The van der Waals surface area contributed by atoms with Crippen LogP contribution in [0, 0.1) is 5.92 Å². The van der Waals surface area contributed by atoms with Crippen LogP contribution >= 0.6 is 0 Å². The summed E-state index contributed by atoms with van der Waals surface area (Å²) in [6, 6.07) is 0. The fraction of sp³-hybridized carbons (Fsp3) is 1.00. The van der Waals surface area contributed by atoms with Gasteiger partial charge in [-0.15, -0.1) is 0 Å². The van der Waals surface area contributed by atoms with E-state index in [-0.39, 0.29) is 6.42 Å². The van der Waals surface area contributed by atoms with Gasteiger partial charge in [-0.05, 0) is 0 Å². The van der Waals surface area contributed by atoms with Crippen molar-refractivity contribution in [3.8, 4) is 0 Å². The molecular weight excluding hydrogens is 136 g/mol. The van der Waals surface area contributed by atoms with Crippen LogP contribution in [0.15, 0.2) is 0 Å². The average Bonchev–Trinajstić information content (AvgIpc) is 1.56. The highest BCUT2D eigenvalue weighted by molar-refractivity contribution is 4.86. The Hall–Kier alpha value is -0.180. The summed E-state index contributed by atoms with van der Waals surface area (Å²) in [4.78, 5) is 0. The summed E-state index contributed by atoms with van der Waals surface area (Å²) in [5.74, 6) is -2.81. The maximum atomic E-state index is 12.8. The molecule has 0 saturated carbocycles. The predicted octanol–water partition coefficient (Wildman–Crippen LogP) is 1.64. The number of hydrogen-bond acceptors (Lipinski definition) is 1. The van der Waals surface area contributed by atoms with E-state index in [2.05, 4.69) is 5.32 Å². The second kappa shape index (κ2) is 2.82. The van der Waals surface area contributed by atoms with E-state index in [0.717, 1.165) is 0 Å². The van der Waals surface area contributed by atoms with Gasteiger partial charge in [-0.25, -0.2) is 8.78 Å². The Bertz CT molecular complexity index is 110. The van der Waals surface area contributed by atoms with Gasteiger partial charge in [-0.2, -0.15) is 0 Å². The van der Waals surface area contributed by atoms with Crippen molar-refractivity contribution < 1.29 is 8.78 Å². The first-order chi connectivity index (χ1) is 4.67. The van der Waals surface area contributed by atoms with Gasteiger partial charge in [0.1, 0.15) is 0 Å². The molecule has 0 amide bonds. The van der Waals surface area contributed by atoms with Crippen LogP contribution in [0.2, 0.25) is 0 Å². The average molecular weight is 149 g/mol. The summed E-state index contributed by atoms with van der Waals surface area (Å²) in [6.07, 6.45) is 0.614. The van der Waals surface area contributed by atoms with Crippen molar-refractivity contribution in [3.05, 3.63) is 0 Å². The Balaban J connectivity index is 2.33. The van der Waals surface area contributed by atoms with Gasteiger partial charge in [0.15, 0.2) is 0 Å². The monoisotopic (exact) mass is 149 g/mol. The summed E-state index contributed by atoms with van der Waals surface area (Å²) in [6.45, 7) is 2.78. The maximum absolute atomic E-state index is 12.8. The molecule has 60 valence electrons. The molecule has 0 aromatic heterocycles. The van der Waals surface area contributed by atoms with Crippen molar-refractivity contribution in [1.29, 1.82) is 0 Å². The van der Waals surface area contributed by atoms with Crippen LogP contribution in [-0.2, 0) is 0 Å². The molecule has 10 heavy (non-hydrogen) atoms. The lowest BCUT2D eigenvalue weighted by molar-refractivity contribution is -0.0830. The van der Waals surface area contributed by atoms with E-state index in [1.165, 1.54) is 0 Å². The molecule has 1 rings (SSSR count). The second-order valence-corrected chi connectivity index (χ2v) is 2.87. The first kappa shape index (κ1) is 7.92. The minimum Gasteiger partial charge on any atom is -0.316 e. The molecule has 1 fully saturated rings. The lowest BCUT2D eigenvalue weighted by Gasteiger charge is -2.34. The van der Waals surface area contributed by atoms with Crippen molar-refractivity contribution in [2.75, 3.05) is 13.1 Å². The number of halogens is 2. The zero-order chi connectivity index (χ0) is 7.61. The molecule has 0 aliphatic carbocycles. The van der Waals surface area contributed by atoms with Crippen LogP contribution in [0.25, 0.3) is 0 Å². The highest BCUT2D eigenvalue weighted by Gasteiger charge is 2.41. The molecule has 0 spiro atoms. The van der Waals surface area contributed by atoms with Gasteiger partial charge in [0.25, 0.3) is 5.92 Å².